The number of rotatable bonds is 4. The molecule has 0 aliphatic heterocycles. The molecule has 0 N–H and O–H groups in total. The summed E-state index contributed by atoms with van der Waals surface area (Å²) in [6, 6.07) is 52.8. The minimum Gasteiger partial charge on any atom is -0.313 e. The number of nitrogens with zero attached hydrogens (tertiary/aromatic N) is 2. The first-order valence-electron chi connectivity index (χ1n) is 22.1. The van der Waals surface area contributed by atoms with Crippen molar-refractivity contribution < 1.29 is 0 Å². The van der Waals surface area contributed by atoms with Gasteiger partial charge in [0.2, 0.25) is 0 Å². The van der Waals surface area contributed by atoms with Gasteiger partial charge in [0.15, 0.2) is 0 Å². The zero-order chi connectivity index (χ0) is 40.6. The van der Waals surface area contributed by atoms with Gasteiger partial charge in [-0.2, -0.15) is 0 Å². The Hall–Kier alpha value is -6.38. The summed E-state index contributed by atoms with van der Waals surface area (Å²) in [5.74, 6) is 1.30. The van der Waals surface area contributed by atoms with E-state index in [-0.39, 0.29) is 11.8 Å². The van der Waals surface area contributed by atoms with Crippen molar-refractivity contribution in [3.05, 3.63) is 190 Å². The quantitative estimate of drug-likeness (QED) is 0.169. The van der Waals surface area contributed by atoms with Crippen molar-refractivity contribution in [1.29, 1.82) is 0 Å². The Morgan fingerprint density at radius 2 is 1.00 bits per heavy atom. The van der Waals surface area contributed by atoms with Crippen molar-refractivity contribution in [2.45, 2.75) is 78.1 Å². The van der Waals surface area contributed by atoms with E-state index in [9.17, 15) is 0 Å². The molecule has 0 radical (unpaired) electrons. The van der Waals surface area contributed by atoms with E-state index in [4.69, 9.17) is 0 Å². The molecular weight excluding hydrogens is 725 g/mol. The summed E-state index contributed by atoms with van der Waals surface area (Å²) in [5, 5.41) is 4.13. The Labute approximate surface area is 353 Å². The molecule has 9 aromatic rings. The lowest BCUT2D eigenvalue weighted by atomic mass is 9.62. The minimum absolute atomic E-state index is 0.284. The van der Waals surface area contributed by atoms with Gasteiger partial charge in [-0.1, -0.05) is 130 Å². The fourth-order valence-corrected chi connectivity index (χ4v) is 11.7. The molecule has 0 saturated carbocycles. The molecule has 0 amide bonds. The smallest absolute Gasteiger partial charge is 0.0582 e. The maximum Gasteiger partial charge on any atom is 0.0582 e. The van der Waals surface area contributed by atoms with Gasteiger partial charge < -0.3 is 9.13 Å². The molecule has 2 heteroatoms. The number of aryl methyl sites for hydroxylation is 2. The molecule has 292 valence electrons. The van der Waals surface area contributed by atoms with Crippen LogP contribution in [0.15, 0.2) is 140 Å². The molecule has 3 aliphatic carbocycles. The first kappa shape index (κ1) is 35.6. The zero-order valence-corrected chi connectivity index (χ0v) is 35.5. The second-order valence-electron chi connectivity index (χ2n) is 18.3. The van der Waals surface area contributed by atoms with Crippen LogP contribution in [0.5, 0.6) is 0 Å². The highest BCUT2D eigenvalue weighted by molar-refractivity contribution is 6.15. The number of hydrogen-bond donors (Lipinski definition) is 0. The molecule has 4 unspecified atom stereocenters. The molecule has 2 aromatic heterocycles. The summed E-state index contributed by atoms with van der Waals surface area (Å²) in [5.41, 5.74) is 26.4. The van der Waals surface area contributed by atoms with Crippen LogP contribution in [0.3, 0.4) is 0 Å². The van der Waals surface area contributed by atoms with E-state index in [0.29, 0.717) is 11.8 Å². The zero-order valence-electron chi connectivity index (χ0n) is 35.5. The largest absolute Gasteiger partial charge is 0.313 e. The van der Waals surface area contributed by atoms with Gasteiger partial charge in [0.1, 0.15) is 0 Å². The van der Waals surface area contributed by atoms with Gasteiger partial charge in [-0.15, -0.1) is 0 Å². The molecular formula is C58H50N2. The van der Waals surface area contributed by atoms with Crippen LogP contribution in [-0.2, 0) is 6.42 Å². The van der Waals surface area contributed by atoms with Gasteiger partial charge in [-0.05, 0) is 161 Å². The van der Waals surface area contributed by atoms with E-state index in [1.165, 1.54) is 122 Å². The molecule has 0 saturated heterocycles. The molecule has 12 rings (SSSR count). The maximum atomic E-state index is 2.67. The van der Waals surface area contributed by atoms with Crippen LogP contribution in [-0.4, -0.2) is 9.13 Å². The standard InChI is InChI=1S/C58H50N2/c1-33-15-13-17-39(27-33)41-23-25-51-47(29-41)49-31-45-35(3)36(4)46-32-50-48-30-42(40-18-14-16-34(2)28-40)24-26-52(48)60(44-21-11-8-12-22-44)58(50)54-38(6)37(5)53(55(45)56(46)54)57(49)59(51)43-19-9-7-10-20-43/h7-23,25,27-32,35-38H,24,26H2,1-6H3. The molecule has 2 nitrogen and oxygen atoms in total. The third kappa shape index (κ3) is 4.94. The van der Waals surface area contributed by atoms with Crippen LogP contribution >= 0.6 is 0 Å². The van der Waals surface area contributed by atoms with Crippen LogP contribution in [0.2, 0.25) is 0 Å². The molecule has 0 fully saturated rings. The van der Waals surface area contributed by atoms with Gasteiger partial charge in [0.25, 0.3) is 0 Å². The van der Waals surface area contributed by atoms with Crippen LogP contribution in [0.4, 0.5) is 0 Å². The minimum atomic E-state index is 0.284. The molecule has 0 bridgehead atoms. The highest BCUT2D eigenvalue weighted by Gasteiger charge is 2.43. The predicted molar refractivity (Wildman–Crippen MR) is 254 cm³/mol. The average molecular weight is 775 g/mol. The lowest BCUT2D eigenvalue weighted by Crippen LogP contribution is -2.24. The Morgan fingerprint density at radius 3 is 1.63 bits per heavy atom. The number of allylic oxidation sites excluding steroid dienone is 1. The van der Waals surface area contributed by atoms with Crippen molar-refractivity contribution >= 4 is 44.4 Å². The van der Waals surface area contributed by atoms with Crippen LogP contribution < -0.4 is 0 Å². The first-order chi connectivity index (χ1) is 29.3. The monoisotopic (exact) mass is 774 g/mol. The highest BCUT2D eigenvalue weighted by atomic mass is 15.0. The Bertz CT molecular complexity index is 3280. The lowest BCUT2D eigenvalue weighted by molar-refractivity contribution is 0.584. The van der Waals surface area contributed by atoms with E-state index in [1.54, 1.807) is 0 Å². The highest BCUT2D eigenvalue weighted by Crippen LogP contribution is 2.61. The topological polar surface area (TPSA) is 9.86 Å². The van der Waals surface area contributed by atoms with E-state index in [0.717, 1.165) is 12.8 Å². The number of benzene rings is 7. The molecule has 3 aliphatic rings. The SMILES string of the molecule is Cc1cccc(C2=Cc3c(n(-c4ccccc4)c4c5c6c(cc34)C(C)C(C)c3cc4c7cc(-c8cccc(C)c8)ccc7n(-c7ccccc7)c4c(c3-6)C(C)C5C)CC2)c1. The molecule has 4 atom stereocenters. The van der Waals surface area contributed by atoms with E-state index in [1.807, 2.05) is 0 Å². The molecule has 7 aromatic carbocycles. The predicted octanol–water partition coefficient (Wildman–Crippen LogP) is 15.6. The van der Waals surface area contributed by atoms with Crippen molar-refractivity contribution in [2.24, 2.45) is 0 Å². The summed E-state index contributed by atoms with van der Waals surface area (Å²) in [7, 11) is 0. The summed E-state index contributed by atoms with van der Waals surface area (Å²) in [6.07, 6.45) is 4.60. The van der Waals surface area contributed by atoms with Gasteiger partial charge in [-0.3, -0.25) is 0 Å². The van der Waals surface area contributed by atoms with Gasteiger partial charge >= 0.3 is 0 Å². The average Bonchev–Trinajstić information content (AvgIpc) is 3.78. The van der Waals surface area contributed by atoms with E-state index >= 15 is 0 Å². The van der Waals surface area contributed by atoms with Crippen molar-refractivity contribution in [3.63, 3.8) is 0 Å². The second kappa shape index (κ2) is 13.1. The van der Waals surface area contributed by atoms with Gasteiger partial charge in [-0.25, -0.2) is 0 Å². The second-order valence-corrected chi connectivity index (χ2v) is 18.3. The number of hydrogen-bond acceptors (Lipinski definition) is 0. The Morgan fingerprint density at radius 1 is 0.450 bits per heavy atom. The summed E-state index contributed by atoms with van der Waals surface area (Å²) in [4.78, 5) is 0. The van der Waals surface area contributed by atoms with Crippen LogP contribution in [0.25, 0.3) is 78.0 Å². The number of para-hydroxylation sites is 2. The summed E-state index contributed by atoms with van der Waals surface area (Å²) < 4.78 is 5.27. The van der Waals surface area contributed by atoms with Gasteiger partial charge in [0.05, 0.1) is 16.6 Å². The molecule has 60 heavy (non-hydrogen) atoms. The van der Waals surface area contributed by atoms with E-state index < -0.39 is 0 Å². The van der Waals surface area contributed by atoms with E-state index in [2.05, 4.69) is 196 Å². The lowest BCUT2D eigenvalue weighted by Gasteiger charge is -2.42. The molecule has 0 spiro atoms. The Kier molecular flexibility index (Phi) is 7.74. The summed E-state index contributed by atoms with van der Waals surface area (Å²) in [6.45, 7) is 14.5. The fourth-order valence-electron chi connectivity index (χ4n) is 11.7. The number of aromatic nitrogens is 2. The normalized spacial score (nSPS) is 19.1. The summed E-state index contributed by atoms with van der Waals surface area (Å²) >= 11 is 0. The van der Waals surface area contributed by atoms with Crippen molar-refractivity contribution in [3.8, 4) is 33.6 Å². The van der Waals surface area contributed by atoms with Crippen LogP contribution in [0.1, 0.15) is 108 Å². The van der Waals surface area contributed by atoms with Crippen molar-refractivity contribution in [2.75, 3.05) is 0 Å². The first-order valence-corrected chi connectivity index (χ1v) is 22.1. The third-order valence-electron chi connectivity index (χ3n) is 14.9. The molecule has 2 heterocycles. The Balaban J connectivity index is 1.21. The van der Waals surface area contributed by atoms with Gasteiger partial charge in [0, 0.05) is 38.8 Å². The fraction of sp³-hybridized carbons (Fsp3) is 0.207. The number of fused-ring (bicyclic) bond motifs is 8. The maximum absolute atomic E-state index is 2.67. The van der Waals surface area contributed by atoms with Crippen LogP contribution in [0, 0.1) is 13.8 Å². The third-order valence-corrected chi connectivity index (χ3v) is 14.9. The van der Waals surface area contributed by atoms with Crippen molar-refractivity contribution in [1.82, 2.24) is 9.13 Å².